The van der Waals surface area contributed by atoms with E-state index in [4.69, 9.17) is 22.0 Å². The Morgan fingerprint density at radius 1 is 1.36 bits per heavy atom. The number of nitrogens with two attached hydrogens (primary N) is 2. The molecule has 0 spiro atoms. The Bertz CT molecular complexity index is 411. The summed E-state index contributed by atoms with van der Waals surface area (Å²) in [5.41, 5.74) is 12.9. The highest BCUT2D eigenvalue weighted by molar-refractivity contribution is 5.50. The van der Waals surface area contributed by atoms with Gasteiger partial charge in [0, 0.05) is 11.7 Å². The molecule has 4 N–H and O–H groups in total. The molecule has 0 unspecified atom stereocenters. The fourth-order valence-corrected chi connectivity index (χ4v) is 1.20. The zero-order valence-corrected chi connectivity index (χ0v) is 7.57. The van der Waals surface area contributed by atoms with Crippen molar-refractivity contribution >= 4 is 5.69 Å². The maximum absolute atomic E-state index is 8.82. The van der Waals surface area contributed by atoms with Gasteiger partial charge in [-0.2, -0.15) is 10.5 Å². The Balaban J connectivity index is 3.10. The molecule has 0 aliphatic rings. The Labute approximate surface area is 82.4 Å². The second kappa shape index (κ2) is 4.27. The Morgan fingerprint density at radius 3 is 2.64 bits per heavy atom. The molecule has 4 heteroatoms. The lowest BCUT2D eigenvalue weighted by molar-refractivity contribution is 0.746. The third kappa shape index (κ3) is 2.01. The Kier molecular flexibility index (Phi) is 3.06. The molecule has 0 heterocycles. The number of rotatable bonds is 2. The zero-order chi connectivity index (χ0) is 10.6. The minimum Gasteiger partial charge on any atom is -0.399 e. The van der Waals surface area contributed by atoms with Crippen molar-refractivity contribution in [1.29, 1.82) is 10.5 Å². The molecule has 0 aliphatic carbocycles. The van der Waals surface area contributed by atoms with Gasteiger partial charge in [-0.05, 0) is 17.7 Å². The molecule has 0 bridgehead atoms. The molecular formula is C10H10N4. The van der Waals surface area contributed by atoms with Gasteiger partial charge in [-0.15, -0.1) is 0 Å². The quantitative estimate of drug-likeness (QED) is 0.674. The summed E-state index contributed by atoms with van der Waals surface area (Å²) < 4.78 is 0. The van der Waals surface area contributed by atoms with Crippen LogP contribution in [-0.2, 0) is 0 Å². The van der Waals surface area contributed by atoms with Crippen molar-refractivity contribution in [1.82, 2.24) is 0 Å². The first-order valence-corrected chi connectivity index (χ1v) is 4.11. The van der Waals surface area contributed by atoms with Crippen LogP contribution in [0.1, 0.15) is 23.6 Å². The van der Waals surface area contributed by atoms with Crippen LogP contribution in [0.25, 0.3) is 0 Å². The number of benzene rings is 1. The van der Waals surface area contributed by atoms with Gasteiger partial charge in [0.15, 0.2) is 0 Å². The van der Waals surface area contributed by atoms with Gasteiger partial charge in [-0.1, -0.05) is 6.07 Å². The lowest BCUT2D eigenvalue weighted by Crippen LogP contribution is -2.11. The number of nitriles is 2. The SMILES string of the molecule is N#CC[C@@H](N)c1ccc(N)cc1C#N. The van der Waals surface area contributed by atoms with Crippen LogP contribution >= 0.6 is 0 Å². The Hall–Kier alpha value is -2.04. The summed E-state index contributed by atoms with van der Waals surface area (Å²) in [5, 5.41) is 17.3. The summed E-state index contributed by atoms with van der Waals surface area (Å²) in [5.74, 6) is 0. The molecule has 0 radical (unpaired) electrons. The molecule has 0 aliphatic heterocycles. The van der Waals surface area contributed by atoms with Crippen molar-refractivity contribution < 1.29 is 0 Å². The Morgan fingerprint density at radius 2 is 2.07 bits per heavy atom. The van der Waals surface area contributed by atoms with Crippen molar-refractivity contribution in [3.63, 3.8) is 0 Å². The van der Waals surface area contributed by atoms with Crippen LogP contribution in [0, 0.1) is 22.7 Å². The molecule has 0 aromatic heterocycles. The number of anilines is 1. The maximum Gasteiger partial charge on any atom is 0.0995 e. The molecule has 4 nitrogen and oxygen atoms in total. The third-order valence-electron chi connectivity index (χ3n) is 1.91. The summed E-state index contributed by atoms with van der Waals surface area (Å²) in [6.45, 7) is 0. The van der Waals surface area contributed by atoms with E-state index in [-0.39, 0.29) is 6.42 Å². The van der Waals surface area contributed by atoms with E-state index in [9.17, 15) is 0 Å². The maximum atomic E-state index is 8.82. The van der Waals surface area contributed by atoms with Gasteiger partial charge >= 0.3 is 0 Å². The molecule has 0 saturated heterocycles. The monoisotopic (exact) mass is 186 g/mol. The summed E-state index contributed by atoms with van der Waals surface area (Å²) in [4.78, 5) is 0. The van der Waals surface area contributed by atoms with Crippen LogP contribution in [0.15, 0.2) is 18.2 Å². The third-order valence-corrected chi connectivity index (χ3v) is 1.91. The van der Waals surface area contributed by atoms with E-state index in [1.807, 2.05) is 12.1 Å². The first kappa shape index (κ1) is 10.0. The minimum absolute atomic E-state index is 0.193. The van der Waals surface area contributed by atoms with E-state index in [2.05, 4.69) is 0 Å². The van der Waals surface area contributed by atoms with Crippen molar-refractivity contribution in [3.05, 3.63) is 29.3 Å². The van der Waals surface area contributed by atoms with Gasteiger partial charge in [-0.25, -0.2) is 0 Å². The van der Waals surface area contributed by atoms with Crippen LogP contribution < -0.4 is 11.5 Å². The number of nitrogens with zero attached hydrogens (tertiary/aromatic N) is 2. The lowest BCUT2D eigenvalue weighted by atomic mass is 9.99. The van der Waals surface area contributed by atoms with Gasteiger partial charge < -0.3 is 11.5 Å². The van der Waals surface area contributed by atoms with Crippen molar-refractivity contribution in [3.8, 4) is 12.1 Å². The van der Waals surface area contributed by atoms with Gasteiger partial charge in [-0.3, -0.25) is 0 Å². The lowest BCUT2D eigenvalue weighted by Gasteiger charge is -2.09. The number of hydrogen-bond acceptors (Lipinski definition) is 4. The van der Waals surface area contributed by atoms with Crippen LogP contribution in [0.2, 0.25) is 0 Å². The zero-order valence-electron chi connectivity index (χ0n) is 7.57. The fourth-order valence-electron chi connectivity index (χ4n) is 1.20. The molecule has 0 saturated carbocycles. The molecule has 14 heavy (non-hydrogen) atoms. The van der Waals surface area contributed by atoms with Crippen molar-refractivity contribution in [2.24, 2.45) is 5.73 Å². The molecular weight excluding hydrogens is 176 g/mol. The molecule has 70 valence electrons. The van der Waals surface area contributed by atoms with E-state index in [1.54, 1.807) is 18.2 Å². The molecule has 0 fully saturated rings. The van der Waals surface area contributed by atoms with Crippen molar-refractivity contribution in [2.75, 3.05) is 5.73 Å². The summed E-state index contributed by atoms with van der Waals surface area (Å²) >= 11 is 0. The second-order valence-corrected chi connectivity index (χ2v) is 2.93. The van der Waals surface area contributed by atoms with Crippen LogP contribution in [0.3, 0.4) is 0 Å². The smallest absolute Gasteiger partial charge is 0.0995 e. The standard InChI is InChI=1S/C10H10N4/c11-4-3-10(14)9-2-1-8(13)5-7(9)6-12/h1-2,5,10H,3,13-14H2/t10-/m1/s1. The van der Waals surface area contributed by atoms with Crippen LogP contribution in [0.4, 0.5) is 5.69 Å². The molecule has 0 amide bonds. The summed E-state index contributed by atoms with van der Waals surface area (Å²) in [6.07, 6.45) is 0.193. The van der Waals surface area contributed by atoms with E-state index in [0.29, 0.717) is 16.8 Å². The van der Waals surface area contributed by atoms with Gasteiger partial charge in [0.05, 0.1) is 24.1 Å². The molecule has 1 aromatic rings. The van der Waals surface area contributed by atoms with Gasteiger partial charge in [0.25, 0.3) is 0 Å². The predicted molar refractivity (Wildman–Crippen MR) is 52.7 cm³/mol. The number of hydrogen-bond donors (Lipinski definition) is 2. The highest BCUT2D eigenvalue weighted by atomic mass is 14.6. The molecule has 1 aromatic carbocycles. The van der Waals surface area contributed by atoms with Crippen LogP contribution in [0.5, 0.6) is 0 Å². The summed E-state index contributed by atoms with van der Waals surface area (Å²) in [7, 11) is 0. The van der Waals surface area contributed by atoms with Gasteiger partial charge in [0.2, 0.25) is 0 Å². The van der Waals surface area contributed by atoms with E-state index in [0.717, 1.165) is 0 Å². The average molecular weight is 186 g/mol. The number of nitrogen functional groups attached to an aromatic ring is 1. The average Bonchev–Trinajstić information content (AvgIpc) is 2.17. The fraction of sp³-hybridized carbons (Fsp3) is 0.200. The largest absolute Gasteiger partial charge is 0.399 e. The normalized spacial score (nSPS) is 11.4. The van der Waals surface area contributed by atoms with E-state index >= 15 is 0 Å². The van der Waals surface area contributed by atoms with Crippen LogP contribution in [-0.4, -0.2) is 0 Å². The highest BCUT2D eigenvalue weighted by Gasteiger charge is 2.10. The highest BCUT2D eigenvalue weighted by Crippen LogP contribution is 2.20. The van der Waals surface area contributed by atoms with Crippen molar-refractivity contribution in [2.45, 2.75) is 12.5 Å². The van der Waals surface area contributed by atoms with E-state index < -0.39 is 6.04 Å². The summed E-state index contributed by atoms with van der Waals surface area (Å²) in [6, 6.07) is 8.48. The molecule has 1 atom stereocenters. The predicted octanol–water partition coefficient (Wildman–Crippen LogP) is 1.05. The minimum atomic E-state index is -0.421. The molecule has 1 rings (SSSR count). The van der Waals surface area contributed by atoms with Gasteiger partial charge in [0.1, 0.15) is 0 Å². The second-order valence-electron chi connectivity index (χ2n) is 2.93. The first-order chi connectivity index (χ1) is 6.69. The first-order valence-electron chi connectivity index (χ1n) is 4.11. The topological polar surface area (TPSA) is 99.6 Å². The van der Waals surface area contributed by atoms with E-state index in [1.165, 1.54) is 0 Å².